The molecule has 0 spiro atoms. The summed E-state index contributed by atoms with van der Waals surface area (Å²) >= 11 is 0. The second-order valence-electron chi connectivity index (χ2n) is 9.16. The van der Waals surface area contributed by atoms with E-state index in [4.69, 9.17) is 5.73 Å². The second kappa shape index (κ2) is 7.39. The molecule has 1 aliphatic rings. The molecule has 1 aliphatic heterocycles. The zero-order valence-electron chi connectivity index (χ0n) is 18.1. The lowest BCUT2D eigenvalue weighted by Crippen LogP contribution is -2.25. The van der Waals surface area contributed by atoms with E-state index in [0.29, 0.717) is 18.8 Å². The minimum absolute atomic E-state index is 0.0280. The largest absolute Gasteiger partial charge is 0.418 e. The van der Waals surface area contributed by atoms with Gasteiger partial charge in [0.15, 0.2) is 0 Å². The van der Waals surface area contributed by atoms with Crippen LogP contribution in [0, 0.1) is 12.3 Å². The molecule has 0 atom stereocenters. The molecular formula is C24H24F3N3O2. The number of hydrogen-bond donors (Lipinski definition) is 1. The van der Waals surface area contributed by atoms with Crippen LogP contribution in [-0.4, -0.2) is 23.6 Å². The van der Waals surface area contributed by atoms with Crippen molar-refractivity contribution in [2.45, 2.75) is 33.4 Å². The van der Waals surface area contributed by atoms with Gasteiger partial charge in [-0.2, -0.15) is 13.2 Å². The van der Waals surface area contributed by atoms with Gasteiger partial charge < -0.3 is 15.2 Å². The minimum atomic E-state index is -4.65. The van der Waals surface area contributed by atoms with Gasteiger partial charge in [0, 0.05) is 30.4 Å². The fourth-order valence-electron chi connectivity index (χ4n) is 4.31. The number of nitrogens with two attached hydrogens (primary N) is 1. The number of hydrogen-bond acceptors (Lipinski definition) is 3. The lowest BCUT2D eigenvalue weighted by Gasteiger charge is -2.24. The number of benzene rings is 2. The van der Waals surface area contributed by atoms with Crippen LogP contribution in [-0.2, 0) is 6.18 Å². The number of pyridine rings is 1. The second-order valence-corrected chi connectivity index (χ2v) is 9.16. The molecule has 3 aromatic rings. The van der Waals surface area contributed by atoms with Crippen LogP contribution in [0.5, 0.6) is 0 Å². The fraction of sp³-hybridized carbons (Fsp3) is 0.333. The molecule has 0 bridgehead atoms. The third kappa shape index (κ3) is 3.85. The molecule has 168 valence electrons. The summed E-state index contributed by atoms with van der Waals surface area (Å²) in [4.78, 5) is 26.6. The van der Waals surface area contributed by atoms with Gasteiger partial charge in [0.05, 0.1) is 16.8 Å². The zero-order chi connectivity index (χ0) is 23.4. The quantitative estimate of drug-likeness (QED) is 0.641. The molecule has 8 heteroatoms. The van der Waals surface area contributed by atoms with Crippen molar-refractivity contribution in [2.75, 3.05) is 18.0 Å². The number of amides is 1. The third-order valence-corrected chi connectivity index (χ3v) is 6.01. The van der Waals surface area contributed by atoms with Crippen molar-refractivity contribution in [3.05, 3.63) is 69.5 Å². The summed E-state index contributed by atoms with van der Waals surface area (Å²) in [6, 6.07) is 9.00. The molecule has 0 saturated carbocycles. The van der Waals surface area contributed by atoms with Crippen LogP contribution in [0.4, 0.5) is 18.9 Å². The van der Waals surface area contributed by atoms with Crippen molar-refractivity contribution in [1.82, 2.24) is 4.57 Å². The maximum atomic E-state index is 14.2. The van der Waals surface area contributed by atoms with Crippen molar-refractivity contribution >= 4 is 22.5 Å². The number of rotatable bonds is 3. The summed E-state index contributed by atoms with van der Waals surface area (Å²) in [7, 11) is 0. The zero-order valence-corrected chi connectivity index (χ0v) is 18.1. The first-order valence-electron chi connectivity index (χ1n) is 10.3. The van der Waals surface area contributed by atoms with Gasteiger partial charge in [-0.05, 0) is 49.1 Å². The van der Waals surface area contributed by atoms with Crippen molar-refractivity contribution in [2.24, 2.45) is 11.1 Å². The first-order chi connectivity index (χ1) is 14.9. The van der Waals surface area contributed by atoms with Crippen LogP contribution in [0.2, 0.25) is 0 Å². The molecule has 1 aromatic heterocycles. The lowest BCUT2D eigenvalue weighted by atomic mass is 9.93. The summed E-state index contributed by atoms with van der Waals surface area (Å²) in [5.74, 6) is -0.989. The molecular weight excluding hydrogens is 419 g/mol. The van der Waals surface area contributed by atoms with Gasteiger partial charge in [0.2, 0.25) is 5.43 Å². The number of primary amides is 1. The smallest absolute Gasteiger partial charge is 0.371 e. The number of anilines is 1. The minimum Gasteiger partial charge on any atom is -0.371 e. The molecule has 2 aromatic carbocycles. The Labute approximate surface area is 183 Å². The van der Waals surface area contributed by atoms with Crippen molar-refractivity contribution < 1.29 is 18.0 Å². The van der Waals surface area contributed by atoms with Gasteiger partial charge in [0.25, 0.3) is 5.91 Å². The first kappa shape index (κ1) is 21.9. The number of fused-ring (bicyclic) bond motifs is 1. The van der Waals surface area contributed by atoms with E-state index >= 15 is 0 Å². The van der Waals surface area contributed by atoms with E-state index in [-0.39, 0.29) is 27.6 Å². The Hall–Kier alpha value is -3.29. The van der Waals surface area contributed by atoms with Crippen LogP contribution in [0.15, 0.2) is 47.4 Å². The van der Waals surface area contributed by atoms with Gasteiger partial charge >= 0.3 is 6.18 Å². The van der Waals surface area contributed by atoms with Crippen LogP contribution < -0.4 is 16.1 Å². The standard InChI is InChI=1S/C24H24F3N3O2/c1-14-4-6-19-16(10-14)21(31)17(22(28)32)12-30(19)20-7-5-15(11-18(20)24(25,26)27)29-9-8-23(2,3)13-29/h4-7,10-12H,8-9,13H2,1-3H3,(H2,28,32). The van der Waals surface area contributed by atoms with Crippen molar-refractivity contribution in [3.63, 3.8) is 0 Å². The van der Waals surface area contributed by atoms with Crippen molar-refractivity contribution in [1.29, 1.82) is 0 Å². The number of aryl methyl sites for hydroxylation is 1. The molecule has 0 radical (unpaired) electrons. The summed E-state index contributed by atoms with van der Waals surface area (Å²) < 4.78 is 43.7. The van der Waals surface area contributed by atoms with Gasteiger partial charge in [-0.25, -0.2) is 0 Å². The summed E-state index contributed by atoms with van der Waals surface area (Å²) in [6.45, 7) is 7.27. The van der Waals surface area contributed by atoms with Crippen LogP contribution in [0.1, 0.15) is 41.8 Å². The molecule has 2 heterocycles. The van der Waals surface area contributed by atoms with E-state index < -0.39 is 23.1 Å². The number of carbonyl (C=O) groups excluding carboxylic acids is 1. The van der Waals surface area contributed by atoms with E-state index in [2.05, 4.69) is 13.8 Å². The molecule has 2 N–H and O–H groups in total. The Bertz CT molecular complexity index is 1290. The fourth-order valence-corrected chi connectivity index (χ4v) is 4.31. The molecule has 1 amide bonds. The van der Waals surface area contributed by atoms with Gasteiger partial charge in [-0.15, -0.1) is 0 Å². The highest BCUT2D eigenvalue weighted by Crippen LogP contribution is 2.39. The third-order valence-electron chi connectivity index (χ3n) is 6.01. The van der Waals surface area contributed by atoms with E-state index in [1.807, 2.05) is 4.90 Å². The van der Waals surface area contributed by atoms with E-state index in [1.165, 1.54) is 10.6 Å². The molecule has 5 nitrogen and oxygen atoms in total. The topological polar surface area (TPSA) is 68.3 Å². The monoisotopic (exact) mass is 443 g/mol. The Morgan fingerprint density at radius 3 is 2.44 bits per heavy atom. The normalized spacial score (nSPS) is 16.0. The average molecular weight is 443 g/mol. The predicted octanol–water partition coefficient (Wildman–Crippen LogP) is 4.65. The molecule has 4 rings (SSSR count). The van der Waals surface area contributed by atoms with E-state index in [9.17, 15) is 22.8 Å². The van der Waals surface area contributed by atoms with Crippen LogP contribution in [0.25, 0.3) is 16.6 Å². The highest BCUT2D eigenvalue weighted by Gasteiger charge is 2.36. The van der Waals surface area contributed by atoms with Crippen LogP contribution in [0.3, 0.4) is 0 Å². The Kier molecular flexibility index (Phi) is 5.07. The van der Waals surface area contributed by atoms with E-state index in [0.717, 1.165) is 24.2 Å². The molecule has 1 saturated heterocycles. The first-order valence-corrected chi connectivity index (χ1v) is 10.3. The van der Waals surface area contributed by atoms with Gasteiger partial charge in [0.1, 0.15) is 5.56 Å². The number of halogens is 3. The Balaban J connectivity index is 1.98. The summed E-state index contributed by atoms with van der Waals surface area (Å²) in [5.41, 5.74) is 4.92. The van der Waals surface area contributed by atoms with Crippen molar-refractivity contribution in [3.8, 4) is 5.69 Å². The molecule has 0 unspecified atom stereocenters. The lowest BCUT2D eigenvalue weighted by molar-refractivity contribution is -0.137. The summed E-state index contributed by atoms with van der Waals surface area (Å²) in [5, 5.41) is 0.139. The SMILES string of the molecule is Cc1ccc2c(c1)c(=O)c(C(N)=O)cn2-c1ccc(N2CCC(C)(C)C2)cc1C(F)(F)F. The Morgan fingerprint density at radius 2 is 1.84 bits per heavy atom. The molecule has 32 heavy (non-hydrogen) atoms. The van der Waals surface area contributed by atoms with E-state index in [1.54, 1.807) is 31.2 Å². The van der Waals surface area contributed by atoms with Gasteiger partial charge in [-0.1, -0.05) is 25.5 Å². The maximum Gasteiger partial charge on any atom is 0.418 e. The highest BCUT2D eigenvalue weighted by molar-refractivity contribution is 5.96. The number of aromatic nitrogens is 1. The number of nitrogens with zero attached hydrogens (tertiary/aromatic N) is 2. The Morgan fingerprint density at radius 1 is 1.12 bits per heavy atom. The molecule has 1 fully saturated rings. The average Bonchev–Trinajstić information content (AvgIpc) is 3.07. The molecule has 0 aliphatic carbocycles. The number of carbonyl (C=O) groups is 1. The number of alkyl halides is 3. The van der Waals surface area contributed by atoms with Gasteiger partial charge in [-0.3, -0.25) is 9.59 Å². The summed E-state index contributed by atoms with van der Waals surface area (Å²) in [6.07, 6.45) is -2.65. The maximum absolute atomic E-state index is 14.2. The van der Waals surface area contributed by atoms with Crippen LogP contribution >= 0.6 is 0 Å². The predicted molar refractivity (Wildman–Crippen MR) is 118 cm³/mol. The highest BCUT2D eigenvalue weighted by atomic mass is 19.4.